The second kappa shape index (κ2) is 2.85. The Bertz CT molecular complexity index is 524. The average Bonchev–Trinajstić information content (AvgIpc) is 2.95. The number of Topliss-reactive ketones (excluding diaryl/α,β-unsaturated/α-hetero) is 1. The normalized spacial score (nSPS) is 30.6. The third-order valence-corrected chi connectivity index (χ3v) is 4.54. The molecule has 1 fully saturated rings. The van der Waals surface area contributed by atoms with Gasteiger partial charge in [-0.3, -0.25) is 4.79 Å². The van der Waals surface area contributed by atoms with Gasteiger partial charge in [0.25, 0.3) is 0 Å². The van der Waals surface area contributed by atoms with Gasteiger partial charge in [-0.1, -0.05) is 36.3 Å². The highest BCUT2D eigenvalue weighted by Gasteiger charge is 2.46. The van der Waals surface area contributed by atoms with E-state index in [9.17, 15) is 4.79 Å². The molecule has 0 heterocycles. The lowest BCUT2D eigenvalue weighted by molar-refractivity contribution is -0.117. The van der Waals surface area contributed by atoms with Crippen LogP contribution in [0, 0.1) is 11.8 Å². The monoisotopic (exact) mass is 210 g/mol. The largest absolute Gasteiger partial charge is 0.294 e. The first-order valence-corrected chi connectivity index (χ1v) is 6.22. The zero-order valence-corrected chi connectivity index (χ0v) is 9.20. The van der Waals surface area contributed by atoms with Crippen molar-refractivity contribution >= 4 is 11.4 Å². The van der Waals surface area contributed by atoms with Crippen molar-refractivity contribution in [1.82, 2.24) is 0 Å². The molecule has 2 atom stereocenters. The first-order chi connectivity index (χ1) is 7.86. The maximum absolute atomic E-state index is 12.4. The van der Waals surface area contributed by atoms with Crippen molar-refractivity contribution in [3.63, 3.8) is 0 Å². The minimum atomic E-state index is 0.346. The Kier molecular flexibility index (Phi) is 1.56. The standard InChI is InChI=1S/C15H14O/c16-15-12-7-3-6-11(12)13-8-9-4-1-2-5-10(9)14(13)15/h1-2,4-5,11-12H,3,6-8H2. The summed E-state index contributed by atoms with van der Waals surface area (Å²) in [6, 6.07) is 8.43. The fourth-order valence-electron chi connectivity index (χ4n) is 3.87. The van der Waals surface area contributed by atoms with E-state index in [0.717, 1.165) is 18.4 Å². The molecule has 1 saturated carbocycles. The van der Waals surface area contributed by atoms with Crippen LogP contribution in [0.4, 0.5) is 0 Å². The van der Waals surface area contributed by atoms with Gasteiger partial charge in [-0.2, -0.15) is 0 Å². The SMILES string of the molecule is O=C1C2=C(Cc3ccccc32)C2CCCC12. The van der Waals surface area contributed by atoms with E-state index >= 15 is 0 Å². The van der Waals surface area contributed by atoms with Crippen LogP contribution in [0.3, 0.4) is 0 Å². The van der Waals surface area contributed by atoms with Crippen molar-refractivity contribution in [3.05, 3.63) is 41.0 Å². The number of benzene rings is 1. The molecule has 0 N–H and O–H groups in total. The third kappa shape index (κ3) is 0.897. The fourth-order valence-corrected chi connectivity index (χ4v) is 3.87. The summed E-state index contributed by atoms with van der Waals surface area (Å²) in [5, 5.41) is 0. The molecule has 1 aromatic carbocycles. The van der Waals surface area contributed by atoms with Gasteiger partial charge in [-0.25, -0.2) is 0 Å². The lowest BCUT2D eigenvalue weighted by Crippen LogP contribution is -2.13. The third-order valence-electron chi connectivity index (χ3n) is 4.54. The topological polar surface area (TPSA) is 17.1 Å². The number of allylic oxidation sites excluding steroid dienone is 2. The van der Waals surface area contributed by atoms with Gasteiger partial charge in [0.2, 0.25) is 0 Å². The Morgan fingerprint density at radius 2 is 1.88 bits per heavy atom. The van der Waals surface area contributed by atoms with Gasteiger partial charge in [0.15, 0.2) is 5.78 Å². The molecule has 1 aromatic rings. The van der Waals surface area contributed by atoms with E-state index in [2.05, 4.69) is 24.3 Å². The summed E-state index contributed by atoms with van der Waals surface area (Å²) in [4.78, 5) is 12.4. The zero-order valence-electron chi connectivity index (χ0n) is 9.20. The minimum Gasteiger partial charge on any atom is -0.294 e. The van der Waals surface area contributed by atoms with Crippen LogP contribution in [0.2, 0.25) is 0 Å². The average molecular weight is 210 g/mol. The lowest BCUT2D eigenvalue weighted by atomic mass is 9.90. The van der Waals surface area contributed by atoms with E-state index < -0.39 is 0 Å². The summed E-state index contributed by atoms with van der Waals surface area (Å²) in [7, 11) is 0. The summed E-state index contributed by atoms with van der Waals surface area (Å²) in [5.41, 5.74) is 5.17. The highest BCUT2D eigenvalue weighted by atomic mass is 16.1. The molecule has 3 aliphatic rings. The van der Waals surface area contributed by atoms with Crippen LogP contribution in [0.5, 0.6) is 0 Å². The van der Waals surface area contributed by atoms with E-state index in [4.69, 9.17) is 0 Å². The Balaban J connectivity index is 1.90. The van der Waals surface area contributed by atoms with Crippen molar-refractivity contribution in [1.29, 1.82) is 0 Å². The molecule has 0 bridgehead atoms. The van der Waals surface area contributed by atoms with Crippen LogP contribution in [-0.4, -0.2) is 5.78 Å². The van der Waals surface area contributed by atoms with Gasteiger partial charge >= 0.3 is 0 Å². The Morgan fingerprint density at radius 1 is 1.06 bits per heavy atom. The molecule has 4 rings (SSSR count). The molecule has 0 radical (unpaired) electrons. The summed E-state index contributed by atoms with van der Waals surface area (Å²) in [6.45, 7) is 0. The van der Waals surface area contributed by atoms with Crippen molar-refractivity contribution in [2.75, 3.05) is 0 Å². The highest BCUT2D eigenvalue weighted by Crippen LogP contribution is 2.52. The van der Waals surface area contributed by atoms with E-state index in [0.29, 0.717) is 17.6 Å². The fraction of sp³-hybridized carbons (Fsp3) is 0.400. The van der Waals surface area contributed by atoms with Gasteiger partial charge in [0, 0.05) is 11.5 Å². The molecule has 0 aliphatic heterocycles. The van der Waals surface area contributed by atoms with E-state index in [1.54, 1.807) is 0 Å². The number of hydrogen-bond acceptors (Lipinski definition) is 1. The smallest absolute Gasteiger partial charge is 0.167 e. The van der Waals surface area contributed by atoms with Gasteiger partial charge in [0.1, 0.15) is 0 Å². The van der Waals surface area contributed by atoms with Gasteiger partial charge in [-0.15, -0.1) is 0 Å². The first kappa shape index (κ1) is 8.74. The number of rotatable bonds is 0. The van der Waals surface area contributed by atoms with Gasteiger partial charge in [-0.05, 0) is 36.3 Å². The first-order valence-electron chi connectivity index (χ1n) is 6.22. The van der Waals surface area contributed by atoms with Crippen LogP contribution in [-0.2, 0) is 11.2 Å². The predicted octanol–water partition coefficient (Wildman–Crippen LogP) is 3.00. The quantitative estimate of drug-likeness (QED) is 0.643. The summed E-state index contributed by atoms with van der Waals surface area (Å²) in [6.07, 6.45) is 4.65. The predicted molar refractivity (Wildman–Crippen MR) is 62.9 cm³/mol. The van der Waals surface area contributed by atoms with Crippen LogP contribution in [0.15, 0.2) is 29.8 Å². The second-order valence-electron chi connectivity index (χ2n) is 5.24. The minimum absolute atomic E-state index is 0.346. The van der Waals surface area contributed by atoms with Gasteiger partial charge in [0.05, 0.1) is 0 Å². The number of carbonyl (C=O) groups excluding carboxylic acids is 1. The molecular weight excluding hydrogens is 196 g/mol. The van der Waals surface area contributed by atoms with Gasteiger partial charge < -0.3 is 0 Å². The Labute approximate surface area is 95.2 Å². The lowest BCUT2D eigenvalue weighted by Gasteiger charge is -2.12. The molecule has 0 aromatic heterocycles. The van der Waals surface area contributed by atoms with Crippen molar-refractivity contribution in [3.8, 4) is 0 Å². The highest BCUT2D eigenvalue weighted by molar-refractivity contribution is 6.26. The van der Waals surface area contributed by atoms with Crippen LogP contribution in [0.25, 0.3) is 5.57 Å². The summed E-state index contributed by atoms with van der Waals surface area (Å²) < 4.78 is 0. The molecule has 3 aliphatic carbocycles. The summed E-state index contributed by atoms with van der Waals surface area (Å²) >= 11 is 0. The number of ketones is 1. The van der Waals surface area contributed by atoms with E-state index in [1.807, 2.05) is 0 Å². The molecule has 0 saturated heterocycles. The number of carbonyl (C=O) groups is 1. The maximum atomic E-state index is 12.4. The Morgan fingerprint density at radius 3 is 2.81 bits per heavy atom. The Hall–Kier alpha value is -1.37. The van der Waals surface area contributed by atoms with Crippen LogP contribution < -0.4 is 0 Å². The van der Waals surface area contributed by atoms with Crippen LogP contribution >= 0.6 is 0 Å². The molecule has 1 nitrogen and oxygen atoms in total. The van der Waals surface area contributed by atoms with E-state index in [-0.39, 0.29) is 0 Å². The molecule has 0 spiro atoms. The van der Waals surface area contributed by atoms with Crippen molar-refractivity contribution < 1.29 is 4.79 Å². The maximum Gasteiger partial charge on any atom is 0.167 e. The van der Waals surface area contributed by atoms with Crippen molar-refractivity contribution in [2.24, 2.45) is 11.8 Å². The second-order valence-corrected chi connectivity index (χ2v) is 5.24. The zero-order chi connectivity index (χ0) is 10.7. The van der Waals surface area contributed by atoms with Crippen molar-refractivity contribution in [2.45, 2.75) is 25.7 Å². The molecule has 16 heavy (non-hydrogen) atoms. The molecule has 80 valence electrons. The number of hydrogen-bond donors (Lipinski definition) is 0. The van der Waals surface area contributed by atoms with E-state index in [1.165, 1.54) is 29.5 Å². The molecule has 0 amide bonds. The van der Waals surface area contributed by atoms with Crippen LogP contribution in [0.1, 0.15) is 30.4 Å². The molecule has 1 heteroatoms. The number of fused-ring (bicyclic) bond motifs is 4. The summed E-state index contributed by atoms with van der Waals surface area (Å²) in [5.74, 6) is 1.38. The molecular formula is C15H14O. The molecule has 2 unspecified atom stereocenters.